The van der Waals surface area contributed by atoms with E-state index in [0.29, 0.717) is 12.7 Å². The average Bonchev–Trinajstić information content (AvgIpc) is 2.69. The predicted octanol–water partition coefficient (Wildman–Crippen LogP) is 2.00. The molecule has 0 aliphatic heterocycles. The maximum Gasteiger partial charge on any atom is 0.408 e. The van der Waals surface area contributed by atoms with Crippen LogP contribution in [0, 0.1) is 5.92 Å². The van der Waals surface area contributed by atoms with Gasteiger partial charge in [0.2, 0.25) is 0 Å². The van der Waals surface area contributed by atoms with Crippen molar-refractivity contribution in [3.8, 4) is 0 Å². The summed E-state index contributed by atoms with van der Waals surface area (Å²) in [6.45, 7) is 2.08. The Labute approximate surface area is 158 Å². The Morgan fingerprint density at radius 3 is 2.41 bits per heavy atom. The van der Waals surface area contributed by atoms with Crippen molar-refractivity contribution >= 4 is 24.3 Å². The first-order valence-corrected chi connectivity index (χ1v) is 8.68. The molecule has 1 rings (SSSR count). The van der Waals surface area contributed by atoms with Gasteiger partial charge < -0.3 is 24.3 Å². The largest absolute Gasteiger partial charge is 0.467 e. The molecule has 148 valence electrons. The summed E-state index contributed by atoms with van der Waals surface area (Å²) in [6, 6.07) is 7.56. The molecule has 1 amide bonds. The molecule has 8 nitrogen and oxygen atoms in total. The number of nitrogens with one attached hydrogen (secondary N) is 1. The molecule has 0 aliphatic rings. The Morgan fingerprint density at radius 1 is 1.11 bits per heavy atom. The van der Waals surface area contributed by atoms with Gasteiger partial charge in [-0.05, 0) is 12.0 Å². The molecule has 1 aromatic rings. The first kappa shape index (κ1) is 22.1. The van der Waals surface area contributed by atoms with E-state index in [1.165, 1.54) is 0 Å². The molecular formula is C19H25NO7. The van der Waals surface area contributed by atoms with Crippen LogP contribution >= 0.6 is 0 Å². The van der Waals surface area contributed by atoms with Crippen molar-refractivity contribution in [2.45, 2.75) is 38.8 Å². The third-order valence-corrected chi connectivity index (χ3v) is 3.74. The number of carbonyl (C=O) groups is 4. The van der Waals surface area contributed by atoms with E-state index in [2.05, 4.69) is 10.1 Å². The number of aldehydes is 1. The van der Waals surface area contributed by atoms with Crippen LogP contribution in [0.2, 0.25) is 0 Å². The number of unbranched alkanes of at least 4 members (excludes halogenated alkanes) is 1. The molecule has 0 unspecified atom stereocenters. The first-order chi connectivity index (χ1) is 13.0. The summed E-state index contributed by atoms with van der Waals surface area (Å²) >= 11 is 0. The minimum atomic E-state index is -1.39. The zero-order valence-corrected chi connectivity index (χ0v) is 15.5. The van der Waals surface area contributed by atoms with Crippen molar-refractivity contribution in [1.29, 1.82) is 0 Å². The van der Waals surface area contributed by atoms with Gasteiger partial charge in [0.1, 0.15) is 18.9 Å². The minimum absolute atomic E-state index is 0.0140. The lowest BCUT2D eigenvalue weighted by molar-refractivity contribution is -0.157. The van der Waals surface area contributed by atoms with Crippen LogP contribution in [0.25, 0.3) is 0 Å². The van der Waals surface area contributed by atoms with Gasteiger partial charge in [-0.2, -0.15) is 0 Å². The number of carbonyl (C=O) groups excluding carboxylic acids is 4. The molecule has 0 spiro atoms. The van der Waals surface area contributed by atoms with Gasteiger partial charge >= 0.3 is 18.0 Å². The van der Waals surface area contributed by atoms with Crippen molar-refractivity contribution in [2.75, 3.05) is 13.7 Å². The van der Waals surface area contributed by atoms with E-state index < -0.39 is 30.0 Å². The second-order valence-electron chi connectivity index (χ2n) is 5.74. The zero-order valence-electron chi connectivity index (χ0n) is 15.5. The monoisotopic (exact) mass is 379 g/mol. The normalized spacial score (nSPS) is 12.4. The fraction of sp³-hybridized carbons (Fsp3) is 0.474. The standard InChI is InChI=1S/C19H25NO7/c1-3-4-12-26-17(22)15(10-11-21)16(18(23)25-2)20-19(24)27-13-14-8-6-5-7-9-14/h5-9,11,15-16H,3-4,10,12-13H2,1-2H3,(H,20,24)/t15-,16-/m0/s1. The molecule has 0 saturated heterocycles. The zero-order chi connectivity index (χ0) is 20.1. The Morgan fingerprint density at radius 2 is 1.81 bits per heavy atom. The fourth-order valence-corrected chi connectivity index (χ4v) is 2.24. The van der Waals surface area contributed by atoms with Gasteiger partial charge in [-0.3, -0.25) is 4.79 Å². The highest BCUT2D eigenvalue weighted by molar-refractivity contribution is 5.89. The van der Waals surface area contributed by atoms with Gasteiger partial charge in [-0.1, -0.05) is 43.7 Å². The number of ether oxygens (including phenoxy) is 3. The van der Waals surface area contributed by atoms with Crippen LogP contribution in [0.4, 0.5) is 4.79 Å². The van der Waals surface area contributed by atoms with E-state index in [4.69, 9.17) is 9.47 Å². The van der Waals surface area contributed by atoms with E-state index in [1.54, 1.807) is 24.3 Å². The summed E-state index contributed by atoms with van der Waals surface area (Å²) in [7, 11) is 1.12. The first-order valence-electron chi connectivity index (χ1n) is 8.68. The van der Waals surface area contributed by atoms with E-state index in [1.807, 2.05) is 13.0 Å². The maximum absolute atomic E-state index is 12.2. The number of amides is 1. The summed E-state index contributed by atoms with van der Waals surface area (Å²) in [4.78, 5) is 47.3. The van der Waals surface area contributed by atoms with Crippen LogP contribution in [-0.4, -0.2) is 44.1 Å². The molecule has 27 heavy (non-hydrogen) atoms. The number of hydrogen-bond donors (Lipinski definition) is 1. The predicted molar refractivity (Wildman–Crippen MR) is 95.6 cm³/mol. The van der Waals surface area contributed by atoms with E-state index in [9.17, 15) is 19.2 Å². The van der Waals surface area contributed by atoms with Gasteiger partial charge in [-0.25, -0.2) is 9.59 Å². The highest BCUT2D eigenvalue weighted by atomic mass is 16.6. The molecule has 1 N–H and O–H groups in total. The fourth-order valence-electron chi connectivity index (χ4n) is 2.24. The summed E-state index contributed by atoms with van der Waals surface area (Å²) in [5.74, 6) is -2.82. The maximum atomic E-state index is 12.2. The Hall–Kier alpha value is -2.90. The molecular weight excluding hydrogens is 354 g/mol. The molecule has 2 atom stereocenters. The summed E-state index contributed by atoms with van der Waals surface area (Å²) in [5.41, 5.74) is 0.755. The molecule has 0 heterocycles. The molecule has 0 bridgehead atoms. The van der Waals surface area contributed by atoms with Gasteiger partial charge in [-0.15, -0.1) is 0 Å². The lowest BCUT2D eigenvalue weighted by Crippen LogP contribution is -2.49. The highest BCUT2D eigenvalue weighted by Crippen LogP contribution is 2.13. The Kier molecular flexibility index (Phi) is 10.2. The Balaban J connectivity index is 2.77. The van der Waals surface area contributed by atoms with E-state index in [-0.39, 0.29) is 19.6 Å². The second kappa shape index (κ2) is 12.5. The minimum Gasteiger partial charge on any atom is -0.467 e. The third-order valence-electron chi connectivity index (χ3n) is 3.74. The highest BCUT2D eigenvalue weighted by Gasteiger charge is 2.37. The van der Waals surface area contributed by atoms with Crippen LogP contribution in [0.15, 0.2) is 30.3 Å². The number of methoxy groups -OCH3 is 1. The number of alkyl carbamates (subject to hydrolysis) is 1. The van der Waals surface area contributed by atoms with Crippen LogP contribution in [0.5, 0.6) is 0 Å². The molecule has 0 fully saturated rings. The van der Waals surface area contributed by atoms with Crippen molar-refractivity contribution in [2.24, 2.45) is 5.92 Å². The van der Waals surface area contributed by atoms with Crippen molar-refractivity contribution < 1.29 is 33.4 Å². The van der Waals surface area contributed by atoms with Crippen molar-refractivity contribution in [1.82, 2.24) is 5.32 Å². The number of esters is 2. The van der Waals surface area contributed by atoms with E-state index in [0.717, 1.165) is 19.1 Å². The summed E-state index contributed by atoms with van der Waals surface area (Å²) in [5, 5.41) is 2.30. The molecule has 0 aliphatic carbocycles. The number of rotatable bonds is 11. The smallest absolute Gasteiger partial charge is 0.408 e. The SMILES string of the molecule is CCCCOC(=O)[C@@H](CC=O)[C@H](NC(=O)OCc1ccccc1)C(=O)OC. The second-order valence-corrected chi connectivity index (χ2v) is 5.74. The van der Waals surface area contributed by atoms with Crippen molar-refractivity contribution in [3.63, 3.8) is 0 Å². The number of hydrogen-bond acceptors (Lipinski definition) is 7. The summed E-state index contributed by atoms with van der Waals surface area (Å²) in [6.07, 6.45) is 0.736. The topological polar surface area (TPSA) is 108 Å². The summed E-state index contributed by atoms with van der Waals surface area (Å²) < 4.78 is 14.8. The van der Waals surface area contributed by atoms with Gasteiger partial charge in [0.15, 0.2) is 0 Å². The molecule has 0 radical (unpaired) electrons. The van der Waals surface area contributed by atoms with Crippen LogP contribution in [-0.2, 0) is 35.2 Å². The third kappa shape index (κ3) is 7.89. The quantitative estimate of drug-likeness (QED) is 0.271. The molecule has 0 aromatic heterocycles. The van der Waals surface area contributed by atoms with Gasteiger partial charge in [0.25, 0.3) is 0 Å². The van der Waals surface area contributed by atoms with Crippen molar-refractivity contribution in [3.05, 3.63) is 35.9 Å². The van der Waals surface area contributed by atoms with Crippen LogP contribution in [0.1, 0.15) is 31.7 Å². The van der Waals surface area contributed by atoms with Crippen LogP contribution in [0.3, 0.4) is 0 Å². The molecule has 1 aromatic carbocycles. The molecule has 0 saturated carbocycles. The molecule has 8 heteroatoms. The average molecular weight is 379 g/mol. The Bertz CT molecular complexity index is 618. The van der Waals surface area contributed by atoms with E-state index >= 15 is 0 Å². The lowest BCUT2D eigenvalue weighted by Gasteiger charge is -2.23. The van der Waals surface area contributed by atoms with Gasteiger partial charge in [0.05, 0.1) is 19.6 Å². The van der Waals surface area contributed by atoms with Crippen LogP contribution < -0.4 is 5.32 Å². The number of benzene rings is 1. The lowest BCUT2D eigenvalue weighted by atomic mass is 9.96. The van der Waals surface area contributed by atoms with Gasteiger partial charge in [0, 0.05) is 6.42 Å².